The van der Waals surface area contributed by atoms with Crippen LogP contribution in [0.25, 0.3) is 0 Å². The van der Waals surface area contributed by atoms with Crippen molar-refractivity contribution >= 4 is 11.4 Å². The number of aliphatic hydroxyl groups is 1. The van der Waals surface area contributed by atoms with E-state index in [4.69, 9.17) is 52.1 Å². The molecule has 3 fully saturated rings. The van der Waals surface area contributed by atoms with E-state index >= 15 is 0 Å². The first-order valence-electron chi connectivity index (χ1n) is 29.7. The fraction of sp³-hybridized carbons (Fsp3) is 0.615. The van der Waals surface area contributed by atoms with Crippen molar-refractivity contribution in [1.29, 1.82) is 5.26 Å². The summed E-state index contributed by atoms with van der Waals surface area (Å²) in [6, 6.07) is 31.1. The van der Waals surface area contributed by atoms with E-state index < -0.39 is 5.60 Å². The number of hydrogen-bond donors (Lipinski definition) is 3. The van der Waals surface area contributed by atoms with Gasteiger partial charge >= 0.3 is 0 Å². The monoisotopic (exact) mass is 1130 g/mol. The number of nitrogens with zero attached hydrogens (tertiary/aromatic N) is 3. The quantitative estimate of drug-likeness (QED) is 0.0444. The first-order valence-corrected chi connectivity index (χ1v) is 29.7. The second kappa shape index (κ2) is 28.6. The molecule has 0 bridgehead atoms. The summed E-state index contributed by atoms with van der Waals surface area (Å²) in [5, 5.41) is 29.4. The van der Waals surface area contributed by atoms with Crippen molar-refractivity contribution < 1.29 is 57.2 Å². The molecule has 4 aromatic carbocycles. The Labute approximate surface area is 487 Å². The summed E-state index contributed by atoms with van der Waals surface area (Å²) in [7, 11) is 6.75. The lowest BCUT2D eigenvalue weighted by Gasteiger charge is -2.69. The predicted octanol–water partition coefficient (Wildman–Crippen LogP) is 8.15. The lowest BCUT2D eigenvalue weighted by atomic mass is 9.36. The Balaban J connectivity index is 0.806. The molecule has 0 aromatic heterocycles. The van der Waals surface area contributed by atoms with Crippen molar-refractivity contribution in [3.05, 3.63) is 107 Å². The summed E-state index contributed by atoms with van der Waals surface area (Å²) in [4.78, 5) is 4.76. The van der Waals surface area contributed by atoms with Crippen LogP contribution in [0.1, 0.15) is 81.0 Å². The van der Waals surface area contributed by atoms with Crippen molar-refractivity contribution in [2.45, 2.75) is 102 Å². The molecule has 1 aliphatic carbocycles. The molecule has 4 heterocycles. The summed E-state index contributed by atoms with van der Waals surface area (Å²) in [5.74, 6) is 3.21. The Kier molecular flexibility index (Phi) is 21.4. The van der Waals surface area contributed by atoms with Crippen LogP contribution in [0.2, 0.25) is 0 Å². The fourth-order valence-corrected chi connectivity index (χ4v) is 13.9. The first-order chi connectivity index (χ1) is 39.8. The topological polar surface area (TPSA) is 176 Å². The minimum Gasteiger partial charge on any atom is -0.497 e. The average Bonchev–Trinajstić information content (AvgIpc) is 2.06. The maximum absolute atomic E-state index is 13.0. The van der Waals surface area contributed by atoms with Gasteiger partial charge in [0.25, 0.3) is 0 Å². The van der Waals surface area contributed by atoms with Gasteiger partial charge in [0.1, 0.15) is 48.4 Å². The van der Waals surface area contributed by atoms with Crippen LogP contribution < -0.4 is 39.4 Å². The van der Waals surface area contributed by atoms with Gasteiger partial charge in [0.15, 0.2) is 0 Å². The Morgan fingerprint density at radius 3 is 1.62 bits per heavy atom. The zero-order valence-electron chi connectivity index (χ0n) is 49.8. The van der Waals surface area contributed by atoms with Gasteiger partial charge in [0.05, 0.1) is 95.6 Å². The van der Waals surface area contributed by atoms with Crippen LogP contribution in [0, 0.1) is 34.0 Å². The third kappa shape index (κ3) is 14.0. The van der Waals surface area contributed by atoms with E-state index in [1.165, 1.54) is 0 Å². The van der Waals surface area contributed by atoms with E-state index in [2.05, 4.69) is 109 Å². The van der Waals surface area contributed by atoms with Crippen molar-refractivity contribution in [3.8, 4) is 29.1 Å². The third-order valence-corrected chi connectivity index (χ3v) is 18.8. The molecule has 82 heavy (non-hydrogen) atoms. The Morgan fingerprint density at radius 2 is 1.13 bits per heavy atom. The molecule has 0 amide bonds. The standard InChI is InChI=1S/C65H91N5O12/c1-45-62(65(71,43-73-6)44-82-59-40-68-39-58(61(59)49-15-19-51(75-8)20-16-49)81-42-46-11-21-54-52(35-46)69(27-33-78-54)25-9-29-72-5)64(4,63(45,2)3)23-31-76-30-10-26-70-28-34-79-55-22-12-47(36-53(55)70)41-80-57-38-67-37-56(77-32-24-66)60(57)48-13-17-50(74-7)18-14-48/h11-22,35-36,45,56-62,67-68,71H,9-10,23,25-34,37-44H2,1-8H3/t45-,56-,57+,58+,59?,60+,61-,62-,64-,65-/m1/s1. The van der Waals surface area contributed by atoms with Crippen LogP contribution in [0.4, 0.5) is 11.4 Å². The van der Waals surface area contributed by atoms with Gasteiger partial charge in [0.2, 0.25) is 0 Å². The summed E-state index contributed by atoms with van der Waals surface area (Å²) in [6.07, 6.45) is 1.64. The molecular formula is C65H91N5O12. The van der Waals surface area contributed by atoms with Gasteiger partial charge in [-0.15, -0.1) is 0 Å². The van der Waals surface area contributed by atoms with Gasteiger partial charge in [-0.05, 0) is 107 Å². The maximum atomic E-state index is 13.0. The molecule has 5 aliphatic rings. The molecule has 448 valence electrons. The second-order valence-electron chi connectivity index (χ2n) is 23.7. The average molecular weight is 1130 g/mol. The second-order valence-corrected chi connectivity index (χ2v) is 23.7. The minimum atomic E-state index is -1.27. The van der Waals surface area contributed by atoms with Gasteiger partial charge in [-0.25, -0.2) is 0 Å². The zero-order chi connectivity index (χ0) is 57.7. The van der Waals surface area contributed by atoms with E-state index in [1.54, 1.807) is 28.4 Å². The molecule has 1 saturated carbocycles. The van der Waals surface area contributed by atoms with Gasteiger partial charge in [-0.1, -0.05) is 64.1 Å². The number of rotatable bonds is 29. The lowest BCUT2D eigenvalue weighted by Crippen LogP contribution is -2.70. The Hall–Kier alpha value is -5.23. The first kappa shape index (κ1) is 61.3. The number of fused-ring (bicyclic) bond motifs is 2. The summed E-state index contributed by atoms with van der Waals surface area (Å²) < 4.78 is 67.6. The molecule has 1 unspecified atom stereocenters. The predicted molar refractivity (Wildman–Crippen MR) is 316 cm³/mol. The molecule has 17 nitrogen and oxygen atoms in total. The maximum Gasteiger partial charge on any atom is 0.142 e. The zero-order valence-corrected chi connectivity index (χ0v) is 49.8. The van der Waals surface area contributed by atoms with Crippen LogP contribution >= 0.6 is 0 Å². The fourth-order valence-electron chi connectivity index (χ4n) is 13.9. The highest BCUT2D eigenvalue weighted by Gasteiger charge is 2.68. The molecule has 2 saturated heterocycles. The molecule has 0 spiro atoms. The highest BCUT2D eigenvalue weighted by atomic mass is 16.5. The van der Waals surface area contributed by atoms with E-state index in [1.807, 2.05) is 30.3 Å². The normalized spacial score (nSPS) is 26.5. The Bertz CT molecular complexity index is 2670. The van der Waals surface area contributed by atoms with Crippen LogP contribution in [0.3, 0.4) is 0 Å². The summed E-state index contributed by atoms with van der Waals surface area (Å²) in [5.41, 5.74) is 4.82. The van der Waals surface area contributed by atoms with Crippen LogP contribution in [-0.2, 0) is 46.4 Å². The van der Waals surface area contributed by atoms with E-state index in [-0.39, 0.29) is 78.7 Å². The van der Waals surface area contributed by atoms with Crippen LogP contribution in [-0.4, -0.2) is 169 Å². The molecule has 4 aliphatic heterocycles. The molecule has 9 rings (SSSR count). The van der Waals surface area contributed by atoms with Crippen molar-refractivity contribution in [1.82, 2.24) is 10.6 Å². The number of ether oxygens (including phenoxy) is 11. The minimum absolute atomic E-state index is 0.0148. The van der Waals surface area contributed by atoms with E-state index in [0.717, 1.165) is 102 Å². The number of nitriles is 1. The highest BCUT2D eigenvalue weighted by Crippen LogP contribution is 2.69. The third-order valence-electron chi connectivity index (χ3n) is 18.8. The van der Waals surface area contributed by atoms with Crippen molar-refractivity contribution in [2.24, 2.45) is 22.7 Å². The highest BCUT2D eigenvalue weighted by molar-refractivity contribution is 5.62. The number of benzene rings is 4. The number of hydrogen-bond acceptors (Lipinski definition) is 17. The lowest BCUT2D eigenvalue weighted by molar-refractivity contribution is -0.279. The van der Waals surface area contributed by atoms with Gasteiger partial charge in [-0.2, -0.15) is 5.26 Å². The van der Waals surface area contributed by atoms with E-state index in [9.17, 15) is 10.4 Å². The Morgan fingerprint density at radius 1 is 0.634 bits per heavy atom. The van der Waals surface area contributed by atoms with Gasteiger partial charge in [0, 0.05) is 91.1 Å². The van der Waals surface area contributed by atoms with Gasteiger partial charge in [-0.3, -0.25) is 0 Å². The molecular weight excluding hydrogens is 1040 g/mol. The summed E-state index contributed by atoms with van der Waals surface area (Å²) in [6.45, 7) is 19.3. The molecule has 0 radical (unpaired) electrons. The molecule has 4 aromatic rings. The van der Waals surface area contributed by atoms with E-state index in [0.29, 0.717) is 72.4 Å². The van der Waals surface area contributed by atoms with Crippen molar-refractivity contribution in [3.63, 3.8) is 0 Å². The van der Waals surface area contributed by atoms with Crippen molar-refractivity contribution in [2.75, 3.05) is 143 Å². The number of methoxy groups -OCH3 is 4. The number of anilines is 2. The van der Waals surface area contributed by atoms with Gasteiger partial charge < -0.3 is 77.6 Å². The number of nitrogens with one attached hydrogen (secondary N) is 2. The molecule has 3 N–H and O–H groups in total. The molecule has 17 heteroatoms. The van der Waals surface area contributed by atoms with Crippen LogP contribution in [0.5, 0.6) is 23.0 Å². The van der Waals surface area contributed by atoms with Crippen LogP contribution in [0.15, 0.2) is 84.9 Å². The SMILES string of the molecule is COCCCN1CCOc2ccc(CO[C@H]3CNCC(OC[C@](O)(COC)[C@@H]4[C@@H](C)C(C)(C)[C@]4(C)CCOCCCN4CCOc5ccc(CO[C@H]6CNC[C@@H](OCC#N)[C@@H]6c6ccc(OC)cc6)cc54)[C@@H]3c3ccc(OC)cc3)cc21. The smallest absolute Gasteiger partial charge is 0.142 e. The summed E-state index contributed by atoms with van der Waals surface area (Å²) >= 11 is 0. The number of piperidine rings is 2. The largest absolute Gasteiger partial charge is 0.497 e. The molecule has 10 atom stereocenters.